The number of rotatable bonds is 10. The van der Waals surface area contributed by atoms with Gasteiger partial charge in [0.2, 0.25) is 11.9 Å². The van der Waals surface area contributed by atoms with E-state index in [1.807, 2.05) is 20.8 Å². The van der Waals surface area contributed by atoms with Crippen LogP contribution in [-0.4, -0.2) is 28.6 Å². The summed E-state index contributed by atoms with van der Waals surface area (Å²) in [6.07, 6.45) is 6.44. The zero-order valence-electron chi connectivity index (χ0n) is 13.8. The van der Waals surface area contributed by atoms with Gasteiger partial charge in [0.25, 0.3) is 0 Å². The molecule has 1 N–H and O–H groups in total. The summed E-state index contributed by atoms with van der Waals surface area (Å²) in [5.74, 6) is -0.186. The zero-order valence-corrected chi connectivity index (χ0v) is 13.8. The molecule has 0 saturated carbocycles. The van der Waals surface area contributed by atoms with Gasteiger partial charge in [0.1, 0.15) is 0 Å². The SMILES string of the molecule is CCC(F)[C@@H](CC/C=C\C=C\C(=O)NC(C)(C)CC)[N+](=O)[O-]. The number of carbonyl (C=O) groups excluding carboxylic acids is 1. The highest BCUT2D eigenvalue weighted by Gasteiger charge is 2.28. The molecule has 0 rings (SSSR count). The number of carbonyl (C=O) groups is 1. The molecule has 0 heterocycles. The van der Waals surface area contributed by atoms with E-state index in [1.165, 1.54) is 6.08 Å². The largest absolute Gasteiger partial charge is 0.348 e. The number of nitro groups is 1. The summed E-state index contributed by atoms with van der Waals surface area (Å²) in [5.41, 5.74) is -0.250. The van der Waals surface area contributed by atoms with Gasteiger partial charge in [-0.15, -0.1) is 0 Å². The average molecular weight is 314 g/mol. The van der Waals surface area contributed by atoms with Crippen molar-refractivity contribution < 1.29 is 14.1 Å². The molecular weight excluding hydrogens is 287 g/mol. The van der Waals surface area contributed by atoms with Gasteiger partial charge in [0.15, 0.2) is 6.17 Å². The minimum atomic E-state index is -1.42. The molecule has 0 saturated heterocycles. The van der Waals surface area contributed by atoms with Crippen molar-refractivity contribution in [3.63, 3.8) is 0 Å². The van der Waals surface area contributed by atoms with Crippen molar-refractivity contribution in [1.29, 1.82) is 0 Å². The van der Waals surface area contributed by atoms with Crippen LogP contribution in [0.1, 0.15) is 53.4 Å². The van der Waals surface area contributed by atoms with E-state index >= 15 is 0 Å². The lowest BCUT2D eigenvalue weighted by atomic mass is 10.0. The van der Waals surface area contributed by atoms with Gasteiger partial charge in [-0.2, -0.15) is 0 Å². The average Bonchev–Trinajstić information content (AvgIpc) is 2.44. The Balaban J connectivity index is 4.21. The van der Waals surface area contributed by atoms with Crippen LogP contribution in [0.5, 0.6) is 0 Å². The fourth-order valence-corrected chi connectivity index (χ4v) is 1.74. The lowest BCUT2D eigenvalue weighted by molar-refractivity contribution is -0.532. The van der Waals surface area contributed by atoms with Crippen LogP contribution in [0.25, 0.3) is 0 Å². The smallest absolute Gasteiger partial charge is 0.244 e. The van der Waals surface area contributed by atoms with E-state index in [4.69, 9.17) is 0 Å². The maximum absolute atomic E-state index is 13.4. The summed E-state index contributed by atoms with van der Waals surface area (Å²) in [5, 5.41) is 13.6. The Morgan fingerprint density at radius 1 is 1.36 bits per heavy atom. The molecule has 0 aromatic heterocycles. The Morgan fingerprint density at radius 2 is 2.00 bits per heavy atom. The molecule has 22 heavy (non-hydrogen) atoms. The Labute approximate surface area is 131 Å². The van der Waals surface area contributed by atoms with Gasteiger partial charge in [-0.05, 0) is 33.1 Å². The van der Waals surface area contributed by atoms with Crippen LogP contribution < -0.4 is 5.32 Å². The predicted octanol–water partition coefficient (Wildman–Crippen LogP) is 3.58. The number of nitrogens with zero attached hydrogens (tertiary/aromatic N) is 1. The Bertz CT molecular complexity index is 420. The predicted molar refractivity (Wildman–Crippen MR) is 86.0 cm³/mol. The first-order valence-electron chi connectivity index (χ1n) is 7.66. The van der Waals surface area contributed by atoms with E-state index < -0.39 is 17.1 Å². The van der Waals surface area contributed by atoms with E-state index in [9.17, 15) is 19.3 Å². The van der Waals surface area contributed by atoms with Gasteiger partial charge in [-0.3, -0.25) is 14.9 Å². The molecule has 1 unspecified atom stereocenters. The number of amides is 1. The third-order valence-electron chi connectivity index (χ3n) is 3.55. The van der Waals surface area contributed by atoms with Crippen LogP contribution in [0.3, 0.4) is 0 Å². The second kappa shape index (κ2) is 10.1. The zero-order chi connectivity index (χ0) is 17.2. The van der Waals surface area contributed by atoms with E-state index in [2.05, 4.69) is 5.32 Å². The molecule has 5 nitrogen and oxygen atoms in total. The quantitative estimate of drug-likeness (QED) is 0.290. The van der Waals surface area contributed by atoms with Gasteiger partial charge in [-0.25, -0.2) is 4.39 Å². The third kappa shape index (κ3) is 8.54. The molecule has 0 aliphatic rings. The van der Waals surface area contributed by atoms with Crippen molar-refractivity contribution in [2.24, 2.45) is 0 Å². The second-order valence-electron chi connectivity index (χ2n) is 5.87. The standard InChI is InChI=1S/C16H27FN2O3/c1-5-13(17)14(19(21)22)11-9-7-8-10-12-15(20)18-16(3,4)6-2/h7-8,10,12-14H,5-6,9,11H2,1-4H3,(H,18,20)/b8-7-,12-10+/t13?,14-/m1/s1. The van der Waals surface area contributed by atoms with Crippen LogP contribution in [0, 0.1) is 10.1 Å². The van der Waals surface area contributed by atoms with E-state index in [0.29, 0.717) is 6.42 Å². The van der Waals surface area contributed by atoms with Crippen molar-refractivity contribution in [1.82, 2.24) is 5.32 Å². The van der Waals surface area contributed by atoms with Crippen molar-refractivity contribution in [3.05, 3.63) is 34.4 Å². The Kier molecular flexibility index (Phi) is 9.29. The Hall–Kier alpha value is -1.72. The van der Waals surface area contributed by atoms with Crippen LogP contribution in [0.4, 0.5) is 4.39 Å². The van der Waals surface area contributed by atoms with E-state index in [1.54, 1.807) is 25.2 Å². The normalized spacial score (nSPS) is 15.1. The summed E-state index contributed by atoms with van der Waals surface area (Å²) < 4.78 is 13.4. The molecule has 0 spiro atoms. The molecule has 0 fully saturated rings. The number of hydrogen-bond acceptors (Lipinski definition) is 3. The molecule has 0 aromatic carbocycles. The fourth-order valence-electron chi connectivity index (χ4n) is 1.74. The highest BCUT2D eigenvalue weighted by molar-refractivity contribution is 5.88. The highest BCUT2D eigenvalue weighted by atomic mass is 19.1. The van der Waals surface area contributed by atoms with Crippen LogP contribution >= 0.6 is 0 Å². The monoisotopic (exact) mass is 314 g/mol. The van der Waals surface area contributed by atoms with E-state index in [0.717, 1.165) is 6.42 Å². The van der Waals surface area contributed by atoms with Crippen molar-refractivity contribution in [3.8, 4) is 0 Å². The van der Waals surface area contributed by atoms with Crippen molar-refractivity contribution in [2.45, 2.75) is 71.1 Å². The fraction of sp³-hybridized carbons (Fsp3) is 0.688. The summed E-state index contributed by atoms with van der Waals surface area (Å²) in [6, 6.07) is -1.16. The summed E-state index contributed by atoms with van der Waals surface area (Å²) in [6.45, 7) is 7.46. The van der Waals surface area contributed by atoms with E-state index in [-0.39, 0.29) is 24.3 Å². The molecule has 126 valence electrons. The lowest BCUT2D eigenvalue weighted by Crippen LogP contribution is -2.41. The summed E-state index contributed by atoms with van der Waals surface area (Å²) in [4.78, 5) is 21.8. The van der Waals surface area contributed by atoms with Gasteiger partial charge in [-0.1, -0.05) is 32.1 Å². The number of halogens is 1. The molecule has 0 bridgehead atoms. The summed E-state index contributed by atoms with van der Waals surface area (Å²) >= 11 is 0. The van der Waals surface area contributed by atoms with Gasteiger partial charge in [0, 0.05) is 23.0 Å². The number of nitrogens with one attached hydrogen (secondary N) is 1. The van der Waals surface area contributed by atoms with Gasteiger partial charge >= 0.3 is 0 Å². The molecule has 0 aliphatic carbocycles. The Morgan fingerprint density at radius 3 is 2.50 bits per heavy atom. The first kappa shape index (κ1) is 20.3. The molecule has 2 atom stereocenters. The number of hydrogen-bond donors (Lipinski definition) is 1. The minimum Gasteiger partial charge on any atom is -0.348 e. The minimum absolute atomic E-state index is 0.142. The van der Waals surface area contributed by atoms with Crippen LogP contribution in [-0.2, 0) is 4.79 Å². The molecule has 0 radical (unpaired) electrons. The maximum atomic E-state index is 13.4. The van der Waals surface area contributed by atoms with Crippen molar-refractivity contribution >= 4 is 5.91 Å². The lowest BCUT2D eigenvalue weighted by Gasteiger charge is -2.23. The molecular formula is C16H27FN2O3. The first-order valence-corrected chi connectivity index (χ1v) is 7.66. The topological polar surface area (TPSA) is 72.2 Å². The van der Waals surface area contributed by atoms with Crippen molar-refractivity contribution in [2.75, 3.05) is 0 Å². The van der Waals surface area contributed by atoms with Crippen LogP contribution in [0.15, 0.2) is 24.3 Å². The number of allylic oxidation sites excluding steroid dienone is 3. The van der Waals surface area contributed by atoms with Gasteiger partial charge < -0.3 is 5.32 Å². The molecule has 0 aromatic rings. The third-order valence-corrected chi connectivity index (χ3v) is 3.55. The molecule has 1 amide bonds. The van der Waals surface area contributed by atoms with Crippen LogP contribution in [0.2, 0.25) is 0 Å². The number of alkyl halides is 1. The van der Waals surface area contributed by atoms with Gasteiger partial charge in [0.05, 0.1) is 0 Å². The second-order valence-corrected chi connectivity index (χ2v) is 5.87. The maximum Gasteiger partial charge on any atom is 0.244 e. The summed E-state index contributed by atoms with van der Waals surface area (Å²) in [7, 11) is 0. The first-order chi connectivity index (χ1) is 10.2. The molecule has 0 aliphatic heterocycles. The highest BCUT2D eigenvalue weighted by Crippen LogP contribution is 2.13. The molecule has 6 heteroatoms.